The first kappa shape index (κ1) is 14.1. The number of hydrogen-bond acceptors (Lipinski definition) is 4. The Bertz CT molecular complexity index is 563. The summed E-state index contributed by atoms with van der Waals surface area (Å²) >= 11 is 0. The molecule has 1 fully saturated rings. The molecule has 1 saturated heterocycles. The van der Waals surface area contributed by atoms with Crippen LogP contribution in [0.2, 0.25) is 0 Å². The van der Waals surface area contributed by atoms with Gasteiger partial charge in [0.15, 0.2) is 0 Å². The van der Waals surface area contributed by atoms with E-state index >= 15 is 0 Å². The highest BCUT2D eigenvalue weighted by Crippen LogP contribution is 2.19. The van der Waals surface area contributed by atoms with Crippen molar-refractivity contribution in [3.8, 4) is 0 Å². The van der Waals surface area contributed by atoms with Crippen LogP contribution in [0.4, 0.5) is 4.79 Å². The molecule has 0 spiro atoms. The lowest BCUT2D eigenvalue weighted by molar-refractivity contribution is -0.128. The molecular weight excluding hydrogens is 264 g/mol. The summed E-state index contributed by atoms with van der Waals surface area (Å²) in [4.78, 5) is 35.7. The van der Waals surface area contributed by atoms with E-state index in [1.165, 1.54) is 6.07 Å². The van der Waals surface area contributed by atoms with Crippen molar-refractivity contribution < 1.29 is 23.9 Å². The zero-order chi connectivity index (χ0) is 14.9. The van der Waals surface area contributed by atoms with Crippen LogP contribution in [0.1, 0.15) is 41.6 Å². The van der Waals surface area contributed by atoms with Crippen LogP contribution in [-0.2, 0) is 11.3 Å². The largest absolute Gasteiger partial charge is 0.475 e. The number of carboxylic acids is 1. The third kappa shape index (κ3) is 2.52. The van der Waals surface area contributed by atoms with Crippen LogP contribution in [0.25, 0.3) is 0 Å². The van der Waals surface area contributed by atoms with E-state index in [4.69, 9.17) is 9.52 Å². The van der Waals surface area contributed by atoms with E-state index in [0.717, 1.165) is 11.3 Å². The molecule has 2 N–H and O–H groups in total. The summed E-state index contributed by atoms with van der Waals surface area (Å²) in [6, 6.07) is 0.554. The molecular formula is C13H16N2O5. The van der Waals surface area contributed by atoms with Gasteiger partial charge in [0, 0.05) is 5.56 Å². The fourth-order valence-corrected chi connectivity index (χ4v) is 2.21. The Morgan fingerprint density at radius 2 is 2.20 bits per heavy atom. The molecule has 7 heteroatoms. The van der Waals surface area contributed by atoms with Crippen molar-refractivity contribution in [3.05, 3.63) is 23.2 Å². The third-order valence-electron chi connectivity index (χ3n) is 3.16. The molecule has 1 aromatic rings. The van der Waals surface area contributed by atoms with E-state index in [9.17, 15) is 14.4 Å². The molecule has 3 amide bonds. The van der Waals surface area contributed by atoms with Crippen molar-refractivity contribution in [1.82, 2.24) is 10.2 Å². The molecule has 0 bridgehead atoms. The lowest BCUT2D eigenvalue weighted by atomic mass is 10.1. The predicted octanol–water partition coefficient (Wildman–Crippen LogP) is 1.51. The van der Waals surface area contributed by atoms with Crippen molar-refractivity contribution in [1.29, 1.82) is 0 Å². The van der Waals surface area contributed by atoms with Crippen LogP contribution in [0, 0.1) is 6.92 Å². The number of urea groups is 1. The second kappa shape index (κ2) is 5.36. The van der Waals surface area contributed by atoms with Gasteiger partial charge in [0.2, 0.25) is 5.76 Å². The predicted molar refractivity (Wildman–Crippen MR) is 68.2 cm³/mol. The molecule has 1 atom stereocenters. The van der Waals surface area contributed by atoms with Gasteiger partial charge in [0.25, 0.3) is 5.91 Å². The third-order valence-corrected chi connectivity index (χ3v) is 3.16. The van der Waals surface area contributed by atoms with Gasteiger partial charge in [-0.1, -0.05) is 13.3 Å². The Labute approximate surface area is 115 Å². The van der Waals surface area contributed by atoms with Crippen molar-refractivity contribution in [2.75, 3.05) is 0 Å². The Balaban J connectivity index is 2.14. The molecule has 1 aromatic heterocycles. The van der Waals surface area contributed by atoms with E-state index in [1.807, 2.05) is 6.92 Å². The van der Waals surface area contributed by atoms with Crippen LogP contribution in [0.3, 0.4) is 0 Å². The number of imide groups is 1. The van der Waals surface area contributed by atoms with Gasteiger partial charge in [-0.3, -0.25) is 9.69 Å². The van der Waals surface area contributed by atoms with Gasteiger partial charge in [-0.05, 0) is 19.4 Å². The maximum absolute atomic E-state index is 12.0. The van der Waals surface area contributed by atoms with Crippen molar-refractivity contribution in [2.24, 2.45) is 0 Å². The maximum Gasteiger partial charge on any atom is 0.372 e. The minimum Gasteiger partial charge on any atom is -0.475 e. The Hall–Kier alpha value is -2.31. The van der Waals surface area contributed by atoms with Crippen LogP contribution in [-0.4, -0.2) is 34.0 Å². The molecule has 1 aliphatic heterocycles. The Morgan fingerprint density at radius 1 is 1.50 bits per heavy atom. The van der Waals surface area contributed by atoms with Crippen LogP contribution in [0.15, 0.2) is 10.5 Å². The molecule has 108 valence electrons. The number of carbonyl (C=O) groups excluding carboxylic acids is 2. The molecule has 0 radical (unpaired) electrons. The molecule has 0 aromatic carbocycles. The van der Waals surface area contributed by atoms with Gasteiger partial charge >= 0.3 is 12.0 Å². The second-order valence-corrected chi connectivity index (χ2v) is 4.75. The lowest BCUT2D eigenvalue weighted by Gasteiger charge is -2.10. The molecule has 1 unspecified atom stereocenters. The van der Waals surface area contributed by atoms with Crippen LogP contribution in [0.5, 0.6) is 0 Å². The number of carboxylic acid groups (broad SMARTS) is 1. The van der Waals surface area contributed by atoms with E-state index < -0.39 is 18.0 Å². The first-order valence-corrected chi connectivity index (χ1v) is 6.38. The Morgan fingerprint density at radius 3 is 2.75 bits per heavy atom. The minimum absolute atomic E-state index is 0.0565. The molecule has 2 rings (SSSR count). The highest BCUT2D eigenvalue weighted by molar-refractivity contribution is 6.04. The molecule has 7 nitrogen and oxygen atoms in total. The van der Waals surface area contributed by atoms with Gasteiger partial charge in [-0.2, -0.15) is 0 Å². The fraction of sp³-hybridized carbons (Fsp3) is 0.462. The van der Waals surface area contributed by atoms with Crippen LogP contribution < -0.4 is 5.32 Å². The normalized spacial score (nSPS) is 18.5. The smallest absolute Gasteiger partial charge is 0.372 e. The number of rotatable bonds is 5. The summed E-state index contributed by atoms with van der Waals surface area (Å²) in [5.74, 6) is -1.37. The van der Waals surface area contributed by atoms with E-state index in [0.29, 0.717) is 12.0 Å². The van der Waals surface area contributed by atoms with Gasteiger partial charge in [-0.15, -0.1) is 0 Å². The Kier molecular flexibility index (Phi) is 3.78. The number of nitrogens with zero attached hydrogens (tertiary/aromatic N) is 1. The van der Waals surface area contributed by atoms with Gasteiger partial charge < -0.3 is 14.8 Å². The molecule has 2 heterocycles. The number of amides is 3. The summed E-state index contributed by atoms with van der Waals surface area (Å²) < 4.78 is 5.16. The number of hydrogen-bond donors (Lipinski definition) is 2. The molecule has 0 aliphatic carbocycles. The van der Waals surface area contributed by atoms with Crippen molar-refractivity contribution in [3.63, 3.8) is 0 Å². The van der Waals surface area contributed by atoms with E-state index in [1.54, 1.807) is 6.92 Å². The van der Waals surface area contributed by atoms with E-state index in [-0.39, 0.29) is 24.0 Å². The number of aromatic carboxylic acids is 1. The zero-order valence-electron chi connectivity index (χ0n) is 11.3. The summed E-state index contributed by atoms with van der Waals surface area (Å²) in [7, 11) is 0. The standard InChI is InChI=1S/C13H16N2O5/c1-3-4-9-11(16)15(13(19)14-9)6-8-5-7(2)10(20-8)12(17)18/h5,9H,3-4,6H2,1-2H3,(H,14,19)(H,17,18). The van der Waals surface area contributed by atoms with Gasteiger partial charge in [-0.25, -0.2) is 9.59 Å². The topological polar surface area (TPSA) is 99.8 Å². The number of furan rings is 1. The summed E-state index contributed by atoms with van der Waals surface area (Å²) in [5.41, 5.74) is 0.463. The summed E-state index contributed by atoms with van der Waals surface area (Å²) in [6.07, 6.45) is 1.37. The SMILES string of the molecule is CCCC1NC(=O)N(Cc2cc(C)c(C(=O)O)o2)C1=O. The second-order valence-electron chi connectivity index (χ2n) is 4.75. The summed E-state index contributed by atoms with van der Waals surface area (Å²) in [6.45, 7) is 3.47. The molecule has 0 saturated carbocycles. The van der Waals surface area contributed by atoms with Gasteiger partial charge in [0.1, 0.15) is 11.8 Å². The monoisotopic (exact) mass is 280 g/mol. The summed E-state index contributed by atoms with van der Waals surface area (Å²) in [5, 5.41) is 11.5. The number of carbonyl (C=O) groups is 3. The van der Waals surface area contributed by atoms with E-state index in [2.05, 4.69) is 5.32 Å². The fourth-order valence-electron chi connectivity index (χ4n) is 2.21. The highest BCUT2D eigenvalue weighted by atomic mass is 16.4. The van der Waals surface area contributed by atoms with Crippen LogP contribution >= 0.6 is 0 Å². The average Bonchev–Trinajstić information content (AvgIpc) is 2.86. The first-order chi connectivity index (χ1) is 9.43. The average molecular weight is 280 g/mol. The lowest BCUT2D eigenvalue weighted by Crippen LogP contribution is -2.30. The molecule has 1 aliphatic rings. The van der Waals surface area contributed by atoms with Crippen molar-refractivity contribution in [2.45, 2.75) is 39.3 Å². The van der Waals surface area contributed by atoms with Crippen molar-refractivity contribution >= 4 is 17.9 Å². The minimum atomic E-state index is -1.17. The maximum atomic E-state index is 12.0. The van der Waals surface area contributed by atoms with Gasteiger partial charge in [0.05, 0.1) is 6.54 Å². The zero-order valence-corrected chi connectivity index (χ0v) is 11.3. The molecule has 20 heavy (non-hydrogen) atoms. The number of aryl methyl sites for hydroxylation is 1. The number of nitrogens with one attached hydrogen (secondary N) is 1. The first-order valence-electron chi connectivity index (χ1n) is 6.38. The highest BCUT2D eigenvalue weighted by Gasteiger charge is 2.37. The quantitative estimate of drug-likeness (QED) is 0.796.